The topological polar surface area (TPSA) is 17.8 Å². The first-order valence-electron chi connectivity index (χ1n) is 5.23. The fourth-order valence-electron chi connectivity index (χ4n) is 2.20. The van der Waals surface area contributed by atoms with Crippen LogP contribution in [0.3, 0.4) is 0 Å². The van der Waals surface area contributed by atoms with Gasteiger partial charge in [0.15, 0.2) is 0 Å². The Hall–Kier alpha value is -1.48. The number of aromatic nitrogens is 2. The molecule has 2 aromatic heterocycles. The van der Waals surface area contributed by atoms with Gasteiger partial charge in [0.1, 0.15) is 0 Å². The summed E-state index contributed by atoms with van der Waals surface area (Å²) in [5.41, 5.74) is 3.71. The minimum Gasteiger partial charge on any atom is -0.344 e. The van der Waals surface area contributed by atoms with Gasteiger partial charge in [0.25, 0.3) is 0 Å². The van der Waals surface area contributed by atoms with E-state index in [0.29, 0.717) is 0 Å². The van der Waals surface area contributed by atoms with Crippen LogP contribution in [0.1, 0.15) is 5.56 Å². The molecule has 0 atom stereocenters. The Bertz CT molecular complexity index is 670. The predicted octanol–water partition coefficient (Wildman–Crippen LogP) is 3.16. The van der Waals surface area contributed by atoms with E-state index in [1.807, 2.05) is 12.4 Å². The van der Waals surface area contributed by atoms with Gasteiger partial charge in [-0.3, -0.25) is 4.98 Å². The number of nitrogens with zero attached hydrogens (tertiary/aromatic N) is 2. The molecule has 3 heteroatoms. The molecule has 16 heavy (non-hydrogen) atoms. The molecule has 2 nitrogen and oxygen atoms in total. The van der Waals surface area contributed by atoms with Crippen LogP contribution in [-0.4, -0.2) is 9.55 Å². The lowest BCUT2D eigenvalue weighted by Crippen LogP contribution is -1.87. The lowest BCUT2D eigenvalue weighted by atomic mass is 10.1. The molecule has 0 N–H and O–H groups in total. The van der Waals surface area contributed by atoms with Crippen molar-refractivity contribution in [1.29, 1.82) is 0 Å². The largest absolute Gasteiger partial charge is 0.344 e. The van der Waals surface area contributed by atoms with Crippen LogP contribution in [0.25, 0.3) is 21.8 Å². The van der Waals surface area contributed by atoms with Crippen LogP contribution >= 0.6 is 12.6 Å². The molecule has 0 aliphatic rings. The monoisotopic (exact) mass is 228 g/mol. The minimum absolute atomic E-state index is 0.774. The van der Waals surface area contributed by atoms with Crippen molar-refractivity contribution in [3.8, 4) is 0 Å². The van der Waals surface area contributed by atoms with Crippen LogP contribution in [0.5, 0.6) is 0 Å². The Kier molecular flexibility index (Phi) is 2.14. The molecular formula is C13H12N2S. The lowest BCUT2D eigenvalue weighted by Gasteiger charge is -1.99. The number of rotatable bonds is 1. The highest BCUT2D eigenvalue weighted by atomic mass is 32.1. The van der Waals surface area contributed by atoms with Crippen LogP contribution in [0.15, 0.2) is 36.7 Å². The van der Waals surface area contributed by atoms with Crippen molar-refractivity contribution in [2.75, 3.05) is 0 Å². The highest BCUT2D eigenvalue weighted by molar-refractivity contribution is 7.79. The normalized spacial score (nSPS) is 11.4. The second-order valence-corrected chi connectivity index (χ2v) is 4.28. The number of fused-ring (bicyclic) bond motifs is 3. The summed E-state index contributed by atoms with van der Waals surface area (Å²) in [4.78, 5) is 4.19. The predicted molar refractivity (Wildman–Crippen MR) is 70.9 cm³/mol. The summed E-state index contributed by atoms with van der Waals surface area (Å²) in [6, 6.07) is 8.53. The molecule has 3 aromatic rings. The molecule has 0 amide bonds. The Labute approximate surface area is 99.3 Å². The van der Waals surface area contributed by atoms with Gasteiger partial charge in [-0.2, -0.15) is 12.6 Å². The first kappa shape index (κ1) is 9.73. The summed E-state index contributed by atoms with van der Waals surface area (Å²) in [6.45, 7) is 0. The lowest BCUT2D eigenvalue weighted by molar-refractivity contribution is 1.01. The third kappa shape index (κ3) is 1.25. The minimum atomic E-state index is 0.774. The second kappa shape index (κ2) is 3.52. The van der Waals surface area contributed by atoms with Crippen molar-refractivity contribution < 1.29 is 0 Å². The fourth-order valence-corrected chi connectivity index (χ4v) is 2.39. The molecular weight excluding hydrogens is 216 g/mol. The summed E-state index contributed by atoms with van der Waals surface area (Å²) >= 11 is 4.31. The van der Waals surface area contributed by atoms with Crippen molar-refractivity contribution in [3.05, 3.63) is 42.2 Å². The second-order valence-electron chi connectivity index (χ2n) is 3.96. The number of pyridine rings is 1. The number of hydrogen-bond donors (Lipinski definition) is 1. The van der Waals surface area contributed by atoms with Crippen molar-refractivity contribution >= 4 is 34.4 Å². The van der Waals surface area contributed by atoms with Crippen LogP contribution in [0, 0.1) is 0 Å². The summed E-state index contributed by atoms with van der Waals surface area (Å²) in [5.74, 6) is 0.774. The van der Waals surface area contributed by atoms with Gasteiger partial charge in [0.2, 0.25) is 0 Å². The van der Waals surface area contributed by atoms with Gasteiger partial charge in [-0.15, -0.1) is 0 Å². The van der Waals surface area contributed by atoms with Gasteiger partial charge in [-0.1, -0.05) is 12.1 Å². The quantitative estimate of drug-likeness (QED) is 0.633. The molecule has 0 fully saturated rings. The third-order valence-corrected chi connectivity index (χ3v) is 3.42. The maximum absolute atomic E-state index is 4.31. The van der Waals surface area contributed by atoms with Crippen molar-refractivity contribution in [3.63, 3.8) is 0 Å². The molecule has 0 aliphatic carbocycles. The zero-order chi connectivity index (χ0) is 11.1. The smallest absolute Gasteiger partial charge is 0.0519 e. The van der Waals surface area contributed by atoms with E-state index in [0.717, 1.165) is 5.75 Å². The van der Waals surface area contributed by atoms with Gasteiger partial charge in [0, 0.05) is 41.5 Å². The van der Waals surface area contributed by atoms with Gasteiger partial charge in [-0.05, 0) is 17.7 Å². The van der Waals surface area contributed by atoms with E-state index in [9.17, 15) is 0 Å². The van der Waals surface area contributed by atoms with Crippen LogP contribution in [0.4, 0.5) is 0 Å². The number of hydrogen-bond acceptors (Lipinski definition) is 2. The molecule has 0 saturated heterocycles. The fraction of sp³-hybridized carbons (Fsp3) is 0.154. The van der Waals surface area contributed by atoms with E-state index < -0.39 is 0 Å². The molecule has 0 spiro atoms. The molecule has 0 radical (unpaired) electrons. The maximum Gasteiger partial charge on any atom is 0.0519 e. The van der Waals surface area contributed by atoms with E-state index in [2.05, 4.69) is 53.5 Å². The number of benzene rings is 1. The third-order valence-electron chi connectivity index (χ3n) is 3.06. The van der Waals surface area contributed by atoms with Crippen LogP contribution in [0.2, 0.25) is 0 Å². The summed E-state index contributed by atoms with van der Waals surface area (Å²) in [5, 5.41) is 2.47. The average molecular weight is 228 g/mol. The van der Waals surface area contributed by atoms with E-state index in [1.165, 1.54) is 27.4 Å². The summed E-state index contributed by atoms with van der Waals surface area (Å²) in [7, 11) is 2.09. The molecule has 1 aromatic carbocycles. The molecule has 2 heterocycles. The Morgan fingerprint density at radius 1 is 1.19 bits per heavy atom. The maximum atomic E-state index is 4.31. The van der Waals surface area contributed by atoms with Gasteiger partial charge in [0.05, 0.1) is 5.52 Å². The Balaban J connectivity index is 2.51. The van der Waals surface area contributed by atoms with Gasteiger partial charge >= 0.3 is 0 Å². The molecule has 80 valence electrons. The average Bonchev–Trinajstić information content (AvgIpc) is 2.64. The van der Waals surface area contributed by atoms with E-state index in [1.54, 1.807) is 0 Å². The van der Waals surface area contributed by atoms with Crippen LogP contribution in [-0.2, 0) is 12.8 Å². The summed E-state index contributed by atoms with van der Waals surface area (Å²) in [6.07, 6.45) is 3.76. The van der Waals surface area contributed by atoms with Gasteiger partial charge in [-0.25, -0.2) is 0 Å². The number of thiol groups is 1. The van der Waals surface area contributed by atoms with Gasteiger partial charge < -0.3 is 4.57 Å². The SMILES string of the molecule is Cn1c2ccncc2c2ccc(CS)cc21. The standard InChI is InChI=1S/C13H12N2S/c1-15-12-4-5-14-7-11(12)10-3-2-9(8-16)6-13(10)15/h2-7,16H,8H2,1H3. The highest BCUT2D eigenvalue weighted by Gasteiger charge is 2.07. The zero-order valence-electron chi connectivity index (χ0n) is 9.01. The van der Waals surface area contributed by atoms with Crippen LogP contribution < -0.4 is 0 Å². The van der Waals surface area contributed by atoms with E-state index >= 15 is 0 Å². The van der Waals surface area contributed by atoms with Crippen molar-refractivity contribution in [1.82, 2.24) is 9.55 Å². The van der Waals surface area contributed by atoms with E-state index in [-0.39, 0.29) is 0 Å². The highest BCUT2D eigenvalue weighted by Crippen LogP contribution is 2.28. The van der Waals surface area contributed by atoms with Crippen molar-refractivity contribution in [2.24, 2.45) is 7.05 Å². The molecule has 3 rings (SSSR count). The molecule has 0 bridgehead atoms. The van der Waals surface area contributed by atoms with E-state index in [4.69, 9.17) is 0 Å². The number of aryl methyl sites for hydroxylation is 1. The molecule has 0 unspecified atom stereocenters. The Morgan fingerprint density at radius 3 is 2.88 bits per heavy atom. The first-order chi connectivity index (χ1) is 7.81. The Morgan fingerprint density at radius 2 is 2.06 bits per heavy atom. The molecule has 0 aliphatic heterocycles. The van der Waals surface area contributed by atoms with Crippen molar-refractivity contribution in [2.45, 2.75) is 5.75 Å². The zero-order valence-corrected chi connectivity index (χ0v) is 9.91. The summed E-state index contributed by atoms with van der Waals surface area (Å²) < 4.78 is 2.21. The molecule has 0 saturated carbocycles. The first-order valence-corrected chi connectivity index (χ1v) is 5.86.